The van der Waals surface area contributed by atoms with Gasteiger partial charge in [0.05, 0.1) is 22.7 Å². The number of amides is 1. The monoisotopic (exact) mass is 458 g/mol. The highest BCUT2D eigenvalue weighted by Gasteiger charge is 2.35. The van der Waals surface area contributed by atoms with Crippen LogP contribution >= 0.6 is 0 Å². The normalized spacial score (nSPS) is 18.7. The Hall–Kier alpha value is -3.67. The van der Waals surface area contributed by atoms with Crippen molar-refractivity contribution in [3.63, 3.8) is 0 Å². The minimum atomic E-state index is -0.397. The minimum Gasteiger partial charge on any atom is -0.369 e. The van der Waals surface area contributed by atoms with Crippen molar-refractivity contribution in [2.45, 2.75) is 40.2 Å². The lowest BCUT2D eigenvalue weighted by molar-refractivity contribution is -0.142. The average molecular weight is 459 g/mol. The third kappa shape index (κ3) is 3.73. The molecular formula is C25H30N8O. The number of hydrogen-bond acceptors (Lipinski definition) is 7. The van der Waals surface area contributed by atoms with Crippen molar-refractivity contribution < 1.29 is 4.79 Å². The number of pyridine rings is 1. The Balaban J connectivity index is 1.56. The van der Waals surface area contributed by atoms with Crippen LogP contribution in [0.3, 0.4) is 0 Å². The van der Waals surface area contributed by atoms with E-state index in [2.05, 4.69) is 39.0 Å². The summed E-state index contributed by atoms with van der Waals surface area (Å²) in [4.78, 5) is 33.4. The Morgan fingerprint density at radius 1 is 1.12 bits per heavy atom. The summed E-state index contributed by atoms with van der Waals surface area (Å²) in [7, 11) is 0. The lowest BCUT2D eigenvalue weighted by Gasteiger charge is -2.43. The van der Waals surface area contributed by atoms with Crippen LogP contribution in [0.2, 0.25) is 0 Å². The van der Waals surface area contributed by atoms with Crippen molar-refractivity contribution in [3.8, 4) is 11.9 Å². The number of fused-ring (bicyclic) bond motifs is 1. The molecule has 1 atom stereocenters. The second-order valence-corrected chi connectivity index (χ2v) is 10.2. The van der Waals surface area contributed by atoms with Gasteiger partial charge in [-0.05, 0) is 25.5 Å². The van der Waals surface area contributed by atoms with Crippen LogP contribution in [0.15, 0.2) is 30.9 Å². The molecule has 0 aromatic carbocycles. The molecule has 3 aromatic heterocycles. The minimum absolute atomic E-state index is 0.0778. The lowest BCUT2D eigenvalue weighted by Crippen LogP contribution is -2.56. The van der Waals surface area contributed by atoms with E-state index in [-0.39, 0.29) is 11.9 Å². The van der Waals surface area contributed by atoms with Gasteiger partial charge in [-0.2, -0.15) is 5.26 Å². The Morgan fingerprint density at radius 2 is 1.91 bits per heavy atom. The highest BCUT2D eigenvalue weighted by molar-refractivity contribution is 6.01. The van der Waals surface area contributed by atoms with Gasteiger partial charge in [0.1, 0.15) is 18.0 Å². The maximum Gasteiger partial charge on any atom is 0.228 e. The highest BCUT2D eigenvalue weighted by atomic mass is 16.2. The number of anilines is 2. The van der Waals surface area contributed by atoms with Gasteiger partial charge in [-0.1, -0.05) is 20.8 Å². The van der Waals surface area contributed by atoms with Crippen molar-refractivity contribution in [1.29, 1.82) is 5.26 Å². The maximum absolute atomic E-state index is 12.9. The quantitative estimate of drug-likeness (QED) is 0.595. The van der Waals surface area contributed by atoms with Gasteiger partial charge in [0.15, 0.2) is 5.65 Å². The molecule has 0 unspecified atom stereocenters. The molecule has 0 bridgehead atoms. The van der Waals surface area contributed by atoms with E-state index in [4.69, 9.17) is 4.98 Å². The van der Waals surface area contributed by atoms with Gasteiger partial charge in [-0.25, -0.2) is 15.0 Å². The van der Waals surface area contributed by atoms with E-state index in [9.17, 15) is 10.1 Å². The fourth-order valence-corrected chi connectivity index (χ4v) is 4.74. The number of nitrogens with zero attached hydrogens (tertiary/aromatic N) is 8. The zero-order valence-electron chi connectivity index (χ0n) is 20.2. The molecule has 0 radical (unpaired) electrons. The zero-order chi connectivity index (χ0) is 24.0. The smallest absolute Gasteiger partial charge is 0.228 e. The van der Waals surface area contributed by atoms with Gasteiger partial charge in [-0.15, -0.1) is 0 Å². The largest absolute Gasteiger partial charge is 0.369 e. The van der Waals surface area contributed by atoms with Crippen LogP contribution < -0.4 is 9.80 Å². The SMILES string of the molecule is C[C@@H]1CN(c2ncnc3c2c(N2CCC2)cn3-c2cc(C#N)ccn2)CCN1C(=O)C(C)(C)C. The van der Waals surface area contributed by atoms with Crippen LogP contribution in [0.1, 0.15) is 39.7 Å². The van der Waals surface area contributed by atoms with Gasteiger partial charge in [0.2, 0.25) is 5.91 Å². The van der Waals surface area contributed by atoms with E-state index in [1.807, 2.05) is 30.2 Å². The molecule has 1 amide bonds. The summed E-state index contributed by atoms with van der Waals surface area (Å²) in [5, 5.41) is 10.4. The predicted octanol–water partition coefficient (Wildman–Crippen LogP) is 2.98. The van der Waals surface area contributed by atoms with Crippen LogP contribution in [-0.4, -0.2) is 69.1 Å². The van der Waals surface area contributed by atoms with Crippen LogP contribution in [-0.2, 0) is 4.79 Å². The Morgan fingerprint density at radius 3 is 2.56 bits per heavy atom. The molecule has 5 rings (SSSR count). The van der Waals surface area contributed by atoms with E-state index in [1.165, 1.54) is 0 Å². The summed E-state index contributed by atoms with van der Waals surface area (Å²) in [5.74, 6) is 1.73. The summed E-state index contributed by atoms with van der Waals surface area (Å²) < 4.78 is 1.96. The zero-order valence-corrected chi connectivity index (χ0v) is 20.2. The summed E-state index contributed by atoms with van der Waals surface area (Å²) in [6.45, 7) is 12.1. The van der Waals surface area contributed by atoms with Crippen LogP contribution in [0.5, 0.6) is 0 Å². The topological polar surface area (TPSA) is 94.2 Å². The van der Waals surface area contributed by atoms with Gasteiger partial charge in [-0.3, -0.25) is 9.36 Å². The molecule has 9 nitrogen and oxygen atoms in total. The summed E-state index contributed by atoms with van der Waals surface area (Å²) in [6, 6.07) is 5.75. The highest BCUT2D eigenvalue weighted by Crippen LogP contribution is 2.38. The summed E-state index contributed by atoms with van der Waals surface area (Å²) in [5.41, 5.74) is 2.02. The van der Waals surface area contributed by atoms with E-state index < -0.39 is 5.41 Å². The van der Waals surface area contributed by atoms with E-state index >= 15 is 0 Å². The molecule has 2 fully saturated rings. The first kappa shape index (κ1) is 22.1. The first-order chi connectivity index (χ1) is 16.3. The number of hydrogen-bond donors (Lipinski definition) is 0. The molecule has 2 saturated heterocycles. The van der Waals surface area contributed by atoms with Crippen LogP contribution in [0.4, 0.5) is 11.5 Å². The molecule has 2 aliphatic heterocycles. The number of carbonyl (C=O) groups excluding carboxylic acids is 1. The first-order valence-electron chi connectivity index (χ1n) is 11.8. The number of nitriles is 1. The predicted molar refractivity (Wildman–Crippen MR) is 131 cm³/mol. The molecule has 34 heavy (non-hydrogen) atoms. The van der Waals surface area contributed by atoms with Gasteiger partial charge < -0.3 is 14.7 Å². The van der Waals surface area contributed by atoms with Crippen LogP contribution in [0.25, 0.3) is 16.9 Å². The molecule has 0 aliphatic carbocycles. The molecule has 0 saturated carbocycles. The number of aromatic nitrogens is 4. The molecule has 0 spiro atoms. The Labute approximate surface area is 199 Å². The number of rotatable bonds is 3. The van der Waals surface area contributed by atoms with Crippen molar-refractivity contribution in [2.24, 2.45) is 5.41 Å². The fraction of sp³-hybridized carbons (Fsp3) is 0.480. The van der Waals surface area contributed by atoms with E-state index in [0.717, 1.165) is 42.0 Å². The molecule has 3 aromatic rings. The average Bonchev–Trinajstić information content (AvgIpc) is 3.16. The summed E-state index contributed by atoms with van der Waals surface area (Å²) >= 11 is 0. The van der Waals surface area contributed by atoms with Gasteiger partial charge in [0.25, 0.3) is 0 Å². The standard InChI is InChI=1S/C25H30N8O/c1-17-14-31(10-11-32(17)24(34)25(2,3)4)22-21-19(30-8-5-9-30)15-33(23(21)29-16-28-22)20-12-18(13-26)6-7-27-20/h6-7,12,15-17H,5,8-11,14H2,1-4H3/t17-/m1/s1. The molecule has 5 heterocycles. The molecule has 176 valence electrons. The molecule has 0 N–H and O–H groups in total. The van der Waals surface area contributed by atoms with Crippen molar-refractivity contribution in [1.82, 2.24) is 24.4 Å². The van der Waals surface area contributed by atoms with E-state index in [1.54, 1.807) is 24.7 Å². The second-order valence-electron chi connectivity index (χ2n) is 10.2. The van der Waals surface area contributed by atoms with Gasteiger partial charge in [0, 0.05) is 56.6 Å². The number of carbonyl (C=O) groups is 1. The van der Waals surface area contributed by atoms with Crippen molar-refractivity contribution in [2.75, 3.05) is 42.5 Å². The van der Waals surface area contributed by atoms with Gasteiger partial charge >= 0.3 is 0 Å². The summed E-state index contributed by atoms with van der Waals surface area (Å²) in [6.07, 6.45) is 6.47. The number of piperazine rings is 1. The van der Waals surface area contributed by atoms with Crippen LogP contribution in [0, 0.1) is 16.7 Å². The first-order valence-corrected chi connectivity index (χ1v) is 11.8. The van der Waals surface area contributed by atoms with Crippen molar-refractivity contribution in [3.05, 3.63) is 36.4 Å². The second kappa shape index (κ2) is 8.28. The lowest BCUT2D eigenvalue weighted by atomic mass is 9.93. The van der Waals surface area contributed by atoms with E-state index in [0.29, 0.717) is 31.0 Å². The molecular weight excluding hydrogens is 428 g/mol. The Kier molecular flexibility index (Phi) is 5.39. The Bertz CT molecular complexity index is 1280. The maximum atomic E-state index is 12.9. The third-order valence-electron chi connectivity index (χ3n) is 6.69. The fourth-order valence-electron chi connectivity index (χ4n) is 4.74. The molecule has 2 aliphatic rings. The third-order valence-corrected chi connectivity index (χ3v) is 6.69. The molecule has 9 heteroatoms. The van der Waals surface area contributed by atoms with Crippen molar-refractivity contribution >= 4 is 28.4 Å².